The van der Waals surface area contributed by atoms with Gasteiger partial charge in [-0.1, -0.05) is 0 Å². The smallest absolute Gasteiger partial charge is 0.0607 e. The Balaban J connectivity index is 2.48. The van der Waals surface area contributed by atoms with Crippen molar-refractivity contribution in [2.75, 3.05) is 12.3 Å². The number of rotatable bonds is 4. The molecular formula is C9H16N2OS. The number of hydrogen-bond acceptors (Lipinski definition) is 4. The van der Waals surface area contributed by atoms with Crippen molar-refractivity contribution in [1.29, 1.82) is 0 Å². The predicted molar refractivity (Wildman–Crippen MR) is 56.7 cm³/mol. The first kappa shape index (κ1) is 10.5. The molecule has 4 heteroatoms. The Morgan fingerprint density at radius 3 is 2.77 bits per heavy atom. The van der Waals surface area contributed by atoms with Crippen LogP contribution in [-0.2, 0) is 6.54 Å². The van der Waals surface area contributed by atoms with Crippen molar-refractivity contribution in [3.63, 3.8) is 0 Å². The highest BCUT2D eigenvalue weighted by atomic mass is 32.1. The molecule has 0 radical (unpaired) electrons. The average Bonchev–Trinajstić information content (AvgIpc) is 2.48. The minimum absolute atomic E-state index is 0.123. The third-order valence-corrected chi connectivity index (χ3v) is 2.84. The highest BCUT2D eigenvalue weighted by molar-refractivity contribution is 7.10. The van der Waals surface area contributed by atoms with Gasteiger partial charge in [0.1, 0.15) is 0 Å². The topological polar surface area (TPSA) is 58.3 Å². The van der Waals surface area contributed by atoms with E-state index in [0.29, 0.717) is 0 Å². The van der Waals surface area contributed by atoms with Crippen LogP contribution in [0.3, 0.4) is 0 Å². The third kappa shape index (κ3) is 2.99. The van der Waals surface area contributed by atoms with E-state index < -0.39 is 0 Å². The molecule has 4 N–H and O–H groups in total. The summed E-state index contributed by atoms with van der Waals surface area (Å²) >= 11 is 1.63. The Morgan fingerprint density at radius 1 is 1.62 bits per heavy atom. The van der Waals surface area contributed by atoms with Crippen LogP contribution in [0, 0.1) is 0 Å². The molecule has 0 bridgehead atoms. The van der Waals surface area contributed by atoms with E-state index in [9.17, 15) is 0 Å². The molecule has 0 amide bonds. The molecule has 0 unspecified atom stereocenters. The average molecular weight is 200 g/mol. The summed E-state index contributed by atoms with van der Waals surface area (Å²) in [6, 6.07) is 1.90. The minimum atomic E-state index is -0.240. The molecule has 13 heavy (non-hydrogen) atoms. The maximum atomic E-state index is 9.00. The van der Waals surface area contributed by atoms with Crippen LogP contribution < -0.4 is 11.1 Å². The van der Waals surface area contributed by atoms with E-state index in [4.69, 9.17) is 10.8 Å². The van der Waals surface area contributed by atoms with Gasteiger partial charge >= 0.3 is 0 Å². The Kier molecular flexibility index (Phi) is 3.30. The van der Waals surface area contributed by atoms with Crippen LogP contribution in [0.5, 0.6) is 0 Å². The van der Waals surface area contributed by atoms with Crippen LogP contribution in [-0.4, -0.2) is 17.3 Å². The van der Waals surface area contributed by atoms with Crippen LogP contribution in [0.25, 0.3) is 0 Å². The summed E-state index contributed by atoms with van der Waals surface area (Å²) in [6.45, 7) is 4.75. The number of aliphatic hydroxyl groups excluding tert-OH is 1. The lowest BCUT2D eigenvalue weighted by Crippen LogP contribution is -2.41. The van der Waals surface area contributed by atoms with Crippen molar-refractivity contribution < 1.29 is 5.11 Å². The summed E-state index contributed by atoms with van der Waals surface area (Å²) in [5.74, 6) is 0. The molecule has 1 rings (SSSR count). The van der Waals surface area contributed by atoms with Gasteiger partial charge in [0.15, 0.2) is 0 Å². The zero-order chi connectivity index (χ0) is 9.90. The molecule has 0 aliphatic carbocycles. The fourth-order valence-corrected chi connectivity index (χ4v) is 1.61. The van der Waals surface area contributed by atoms with E-state index in [-0.39, 0.29) is 12.1 Å². The highest BCUT2D eigenvalue weighted by Crippen LogP contribution is 2.19. The van der Waals surface area contributed by atoms with Gasteiger partial charge < -0.3 is 16.2 Å². The summed E-state index contributed by atoms with van der Waals surface area (Å²) in [5, 5.41) is 14.2. The van der Waals surface area contributed by atoms with Gasteiger partial charge in [0, 0.05) is 22.6 Å². The number of hydrogen-bond donors (Lipinski definition) is 3. The quantitative estimate of drug-likeness (QED) is 0.684. The Bertz CT molecular complexity index is 270. The van der Waals surface area contributed by atoms with Gasteiger partial charge in [0.25, 0.3) is 0 Å². The Hall–Kier alpha value is -0.580. The van der Waals surface area contributed by atoms with Crippen LogP contribution >= 0.6 is 11.3 Å². The lowest BCUT2D eigenvalue weighted by atomic mass is 10.1. The number of aliphatic hydroxyl groups is 1. The molecule has 1 heterocycles. The van der Waals surface area contributed by atoms with E-state index in [0.717, 1.165) is 17.1 Å². The maximum Gasteiger partial charge on any atom is 0.0607 e. The van der Waals surface area contributed by atoms with Crippen molar-refractivity contribution in [2.24, 2.45) is 0 Å². The standard InChI is InChI=1S/C9H16N2OS/c1-9(2,6-12)11-5-8-7(10)3-4-13-8/h3-4,11-12H,5-6,10H2,1-2H3. The maximum absolute atomic E-state index is 9.00. The second-order valence-corrected chi connectivity index (χ2v) is 4.70. The largest absolute Gasteiger partial charge is 0.398 e. The van der Waals surface area contributed by atoms with Gasteiger partial charge in [0.05, 0.1) is 6.61 Å². The van der Waals surface area contributed by atoms with E-state index in [1.165, 1.54) is 0 Å². The summed E-state index contributed by atoms with van der Waals surface area (Å²) in [5.41, 5.74) is 6.30. The van der Waals surface area contributed by atoms with E-state index in [2.05, 4.69) is 5.32 Å². The highest BCUT2D eigenvalue weighted by Gasteiger charge is 2.15. The summed E-state index contributed by atoms with van der Waals surface area (Å²) in [6.07, 6.45) is 0. The normalized spacial score (nSPS) is 11.9. The van der Waals surface area contributed by atoms with Gasteiger partial charge in [-0.3, -0.25) is 0 Å². The van der Waals surface area contributed by atoms with Gasteiger partial charge in [0.2, 0.25) is 0 Å². The summed E-state index contributed by atoms with van der Waals surface area (Å²) < 4.78 is 0. The number of nitrogens with one attached hydrogen (secondary N) is 1. The van der Waals surface area contributed by atoms with E-state index in [1.54, 1.807) is 11.3 Å². The van der Waals surface area contributed by atoms with Crippen molar-refractivity contribution in [1.82, 2.24) is 5.32 Å². The molecule has 3 nitrogen and oxygen atoms in total. The zero-order valence-electron chi connectivity index (χ0n) is 8.00. The molecule has 0 aliphatic rings. The first-order chi connectivity index (χ1) is 6.05. The number of thiophene rings is 1. The first-order valence-corrected chi connectivity index (χ1v) is 5.11. The molecule has 1 aromatic heterocycles. The van der Waals surface area contributed by atoms with Crippen LogP contribution in [0.15, 0.2) is 11.4 Å². The van der Waals surface area contributed by atoms with Crippen molar-refractivity contribution in [2.45, 2.75) is 25.9 Å². The molecule has 74 valence electrons. The predicted octanol–water partition coefficient (Wildman–Crippen LogP) is 1.19. The SMILES string of the molecule is CC(C)(CO)NCc1sccc1N. The lowest BCUT2D eigenvalue weighted by molar-refractivity contribution is 0.188. The zero-order valence-corrected chi connectivity index (χ0v) is 8.82. The third-order valence-electron chi connectivity index (χ3n) is 1.90. The number of nitrogen functional groups attached to an aromatic ring is 1. The molecule has 0 spiro atoms. The molecule has 0 aromatic carbocycles. The van der Waals surface area contributed by atoms with Gasteiger partial charge in [-0.25, -0.2) is 0 Å². The van der Waals surface area contributed by atoms with Crippen molar-refractivity contribution in [3.8, 4) is 0 Å². The fourth-order valence-electron chi connectivity index (χ4n) is 0.870. The van der Waals surface area contributed by atoms with Crippen molar-refractivity contribution >= 4 is 17.0 Å². The lowest BCUT2D eigenvalue weighted by Gasteiger charge is -2.23. The van der Waals surface area contributed by atoms with Crippen molar-refractivity contribution in [3.05, 3.63) is 16.3 Å². The van der Waals surface area contributed by atoms with E-state index >= 15 is 0 Å². The molecule has 0 saturated heterocycles. The Morgan fingerprint density at radius 2 is 2.31 bits per heavy atom. The molecule has 0 fully saturated rings. The second-order valence-electron chi connectivity index (χ2n) is 3.69. The Labute approximate surface area is 82.6 Å². The van der Waals surface area contributed by atoms with E-state index in [1.807, 2.05) is 25.3 Å². The monoisotopic (exact) mass is 200 g/mol. The second kappa shape index (κ2) is 4.09. The minimum Gasteiger partial charge on any atom is -0.398 e. The summed E-state index contributed by atoms with van der Waals surface area (Å²) in [7, 11) is 0. The van der Waals surface area contributed by atoms with Crippen LogP contribution in [0.2, 0.25) is 0 Å². The number of anilines is 1. The summed E-state index contributed by atoms with van der Waals surface area (Å²) in [4.78, 5) is 1.13. The molecule has 1 aromatic rings. The van der Waals surface area contributed by atoms with Crippen LogP contribution in [0.4, 0.5) is 5.69 Å². The molecule has 0 aliphatic heterocycles. The molecule has 0 saturated carbocycles. The number of nitrogens with two attached hydrogens (primary N) is 1. The van der Waals surface area contributed by atoms with Gasteiger partial charge in [-0.15, -0.1) is 11.3 Å². The molecule has 0 atom stereocenters. The van der Waals surface area contributed by atoms with Gasteiger partial charge in [-0.2, -0.15) is 0 Å². The first-order valence-electron chi connectivity index (χ1n) is 4.23. The fraction of sp³-hybridized carbons (Fsp3) is 0.556. The van der Waals surface area contributed by atoms with Crippen LogP contribution in [0.1, 0.15) is 18.7 Å². The molecular weight excluding hydrogens is 184 g/mol. The van der Waals surface area contributed by atoms with Gasteiger partial charge in [-0.05, 0) is 25.3 Å².